The Morgan fingerprint density at radius 2 is 2.11 bits per heavy atom. The summed E-state index contributed by atoms with van der Waals surface area (Å²) in [5.74, 6) is 0.0326. The van der Waals surface area contributed by atoms with E-state index in [9.17, 15) is 9.50 Å². The average molecular weight is 252 g/mol. The minimum atomic E-state index is -0.225. The second-order valence-electron chi connectivity index (χ2n) is 5.13. The highest BCUT2D eigenvalue weighted by Gasteiger charge is 2.28. The van der Waals surface area contributed by atoms with Crippen molar-refractivity contribution in [3.8, 4) is 0 Å². The molecule has 0 aromatic heterocycles. The van der Waals surface area contributed by atoms with Gasteiger partial charge in [0.1, 0.15) is 5.82 Å². The first-order valence-electron chi connectivity index (χ1n) is 6.49. The second-order valence-corrected chi connectivity index (χ2v) is 5.13. The van der Waals surface area contributed by atoms with Gasteiger partial charge in [0.15, 0.2) is 0 Å². The predicted molar refractivity (Wildman–Crippen MR) is 69.6 cm³/mol. The molecule has 0 amide bonds. The molecule has 2 rings (SSSR count). The van der Waals surface area contributed by atoms with Crippen LogP contribution < -0.4 is 5.73 Å². The largest absolute Gasteiger partial charge is 0.393 e. The predicted octanol–water partition coefficient (Wildman–Crippen LogP) is 1.53. The normalized spacial score (nSPS) is 27.1. The van der Waals surface area contributed by atoms with Gasteiger partial charge < -0.3 is 10.8 Å². The van der Waals surface area contributed by atoms with Gasteiger partial charge in [-0.05, 0) is 30.0 Å². The van der Waals surface area contributed by atoms with Gasteiger partial charge in [0.2, 0.25) is 0 Å². The highest BCUT2D eigenvalue weighted by Crippen LogP contribution is 2.26. The van der Waals surface area contributed by atoms with Crippen LogP contribution in [0.1, 0.15) is 24.9 Å². The number of nitrogens with zero attached hydrogens (tertiary/aromatic N) is 1. The molecule has 0 radical (unpaired) electrons. The van der Waals surface area contributed by atoms with Crippen LogP contribution in [-0.4, -0.2) is 35.7 Å². The first-order chi connectivity index (χ1) is 8.61. The summed E-state index contributed by atoms with van der Waals surface area (Å²) in [6, 6.07) is 6.64. The van der Waals surface area contributed by atoms with Crippen molar-refractivity contribution in [1.29, 1.82) is 0 Å². The smallest absolute Gasteiger partial charge is 0.123 e. The van der Waals surface area contributed by atoms with Crippen molar-refractivity contribution in [3.63, 3.8) is 0 Å². The molecule has 0 spiro atoms. The Kier molecular flexibility index (Phi) is 4.32. The molecule has 1 saturated heterocycles. The summed E-state index contributed by atoms with van der Waals surface area (Å²) >= 11 is 0. The van der Waals surface area contributed by atoms with E-state index in [0.717, 1.165) is 25.1 Å². The molecule has 1 aromatic carbocycles. The van der Waals surface area contributed by atoms with Crippen LogP contribution in [0.2, 0.25) is 0 Å². The van der Waals surface area contributed by atoms with Crippen LogP contribution >= 0.6 is 0 Å². The van der Waals surface area contributed by atoms with Gasteiger partial charge in [-0.2, -0.15) is 0 Å². The maximum atomic E-state index is 12.9. The average Bonchev–Trinajstić information content (AvgIpc) is 2.37. The topological polar surface area (TPSA) is 49.5 Å². The molecule has 1 heterocycles. The summed E-state index contributed by atoms with van der Waals surface area (Å²) in [6.07, 6.45) is 0.562. The molecule has 0 aliphatic carbocycles. The SMILES string of the molecule is CC1CN(C(CN)c2ccc(F)cc2)CCC1O. The van der Waals surface area contributed by atoms with Gasteiger partial charge in [0.05, 0.1) is 6.10 Å². The minimum Gasteiger partial charge on any atom is -0.393 e. The Balaban J connectivity index is 2.11. The zero-order valence-corrected chi connectivity index (χ0v) is 10.7. The van der Waals surface area contributed by atoms with Gasteiger partial charge in [-0.25, -0.2) is 4.39 Å². The van der Waals surface area contributed by atoms with Gasteiger partial charge in [-0.1, -0.05) is 19.1 Å². The first-order valence-corrected chi connectivity index (χ1v) is 6.49. The number of likely N-dealkylation sites (tertiary alicyclic amines) is 1. The summed E-state index contributed by atoms with van der Waals surface area (Å²) in [7, 11) is 0. The lowest BCUT2D eigenvalue weighted by atomic mass is 9.93. The third-order valence-corrected chi connectivity index (χ3v) is 3.81. The van der Waals surface area contributed by atoms with E-state index in [2.05, 4.69) is 11.8 Å². The number of rotatable bonds is 3. The standard InChI is InChI=1S/C14H21FN2O/c1-10-9-17(7-6-14(10)18)13(8-16)11-2-4-12(15)5-3-11/h2-5,10,13-14,18H,6-9,16H2,1H3. The van der Waals surface area contributed by atoms with E-state index in [-0.39, 0.29) is 23.9 Å². The number of piperidine rings is 1. The number of nitrogens with two attached hydrogens (primary N) is 1. The molecular weight excluding hydrogens is 231 g/mol. The van der Waals surface area contributed by atoms with Crippen molar-refractivity contribution in [3.05, 3.63) is 35.6 Å². The van der Waals surface area contributed by atoms with Crippen LogP contribution in [0.25, 0.3) is 0 Å². The lowest BCUT2D eigenvalue weighted by Crippen LogP contribution is -2.45. The molecule has 4 heteroatoms. The van der Waals surface area contributed by atoms with Gasteiger partial charge in [-0.15, -0.1) is 0 Å². The van der Waals surface area contributed by atoms with Crippen molar-refractivity contribution >= 4 is 0 Å². The van der Waals surface area contributed by atoms with Crippen molar-refractivity contribution in [2.24, 2.45) is 11.7 Å². The molecule has 1 aliphatic rings. The Morgan fingerprint density at radius 1 is 1.44 bits per heavy atom. The first kappa shape index (κ1) is 13.5. The quantitative estimate of drug-likeness (QED) is 0.857. The molecule has 1 aliphatic heterocycles. The zero-order valence-electron chi connectivity index (χ0n) is 10.7. The molecule has 3 N–H and O–H groups in total. The molecule has 3 atom stereocenters. The highest BCUT2D eigenvalue weighted by molar-refractivity contribution is 5.20. The maximum Gasteiger partial charge on any atom is 0.123 e. The minimum absolute atomic E-state index is 0.112. The number of benzene rings is 1. The third kappa shape index (κ3) is 2.88. The molecule has 0 saturated carbocycles. The summed E-state index contributed by atoms with van der Waals surface area (Å²) in [4.78, 5) is 2.28. The molecule has 100 valence electrons. The number of aliphatic hydroxyl groups is 1. The number of hydrogen-bond acceptors (Lipinski definition) is 3. The Morgan fingerprint density at radius 3 is 2.67 bits per heavy atom. The third-order valence-electron chi connectivity index (χ3n) is 3.81. The lowest BCUT2D eigenvalue weighted by molar-refractivity contribution is 0.0181. The Labute approximate surface area is 107 Å². The summed E-state index contributed by atoms with van der Waals surface area (Å²) in [5, 5.41) is 9.75. The maximum absolute atomic E-state index is 12.9. The molecule has 1 fully saturated rings. The van der Waals surface area contributed by atoms with Gasteiger partial charge in [0, 0.05) is 25.7 Å². The van der Waals surface area contributed by atoms with E-state index in [1.54, 1.807) is 12.1 Å². The van der Waals surface area contributed by atoms with Crippen molar-refractivity contribution < 1.29 is 9.50 Å². The van der Waals surface area contributed by atoms with Crippen LogP contribution in [-0.2, 0) is 0 Å². The van der Waals surface area contributed by atoms with E-state index < -0.39 is 0 Å². The lowest BCUT2D eigenvalue weighted by Gasteiger charge is -2.39. The fourth-order valence-corrected chi connectivity index (χ4v) is 2.63. The molecule has 3 unspecified atom stereocenters. The Hall–Kier alpha value is -0.970. The van der Waals surface area contributed by atoms with Crippen molar-refractivity contribution in [2.75, 3.05) is 19.6 Å². The monoisotopic (exact) mass is 252 g/mol. The fraction of sp³-hybridized carbons (Fsp3) is 0.571. The van der Waals surface area contributed by atoms with E-state index >= 15 is 0 Å². The number of aliphatic hydroxyl groups excluding tert-OH is 1. The Bertz CT molecular complexity index is 382. The van der Waals surface area contributed by atoms with Crippen molar-refractivity contribution in [2.45, 2.75) is 25.5 Å². The summed E-state index contributed by atoms with van der Waals surface area (Å²) in [6.45, 7) is 4.23. The van der Waals surface area contributed by atoms with Gasteiger partial charge >= 0.3 is 0 Å². The van der Waals surface area contributed by atoms with Crippen LogP contribution in [0.5, 0.6) is 0 Å². The van der Waals surface area contributed by atoms with E-state index in [1.807, 2.05) is 0 Å². The molecule has 0 bridgehead atoms. The fourth-order valence-electron chi connectivity index (χ4n) is 2.63. The van der Waals surface area contributed by atoms with Crippen molar-refractivity contribution in [1.82, 2.24) is 4.90 Å². The van der Waals surface area contributed by atoms with Gasteiger partial charge in [0.25, 0.3) is 0 Å². The summed E-state index contributed by atoms with van der Waals surface area (Å²) in [5.41, 5.74) is 6.90. The number of hydrogen-bond donors (Lipinski definition) is 2. The number of halogens is 1. The van der Waals surface area contributed by atoms with E-state index in [1.165, 1.54) is 12.1 Å². The van der Waals surface area contributed by atoms with E-state index in [0.29, 0.717) is 6.54 Å². The second kappa shape index (κ2) is 5.78. The zero-order chi connectivity index (χ0) is 13.1. The molecule has 18 heavy (non-hydrogen) atoms. The molecule has 3 nitrogen and oxygen atoms in total. The molecular formula is C14H21FN2O. The van der Waals surface area contributed by atoms with Gasteiger partial charge in [-0.3, -0.25) is 4.90 Å². The molecule has 1 aromatic rings. The van der Waals surface area contributed by atoms with E-state index in [4.69, 9.17) is 5.73 Å². The summed E-state index contributed by atoms with van der Waals surface area (Å²) < 4.78 is 12.9. The van der Waals surface area contributed by atoms with Crippen LogP contribution in [0.4, 0.5) is 4.39 Å². The highest BCUT2D eigenvalue weighted by atomic mass is 19.1. The van der Waals surface area contributed by atoms with Crippen LogP contribution in [0.15, 0.2) is 24.3 Å². The van der Waals surface area contributed by atoms with Crippen LogP contribution in [0, 0.1) is 11.7 Å². The van der Waals surface area contributed by atoms with Crippen LogP contribution in [0.3, 0.4) is 0 Å².